The van der Waals surface area contributed by atoms with Gasteiger partial charge in [-0.25, -0.2) is 0 Å². The maximum atomic E-state index is 11.7. The number of ether oxygens (including phenoxy) is 1. The SMILES string of the molecule is CCCCC(O)(C(C)C)C(C)C(=O)OCC. The maximum Gasteiger partial charge on any atom is 0.311 e. The van der Waals surface area contributed by atoms with E-state index in [9.17, 15) is 9.90 Å². The Balaban J connectivity index is 4.68. The Morgan fingerprint density at radius 3 is 2.25 bits per heavy atom. The first kappa shape index (κ1) is 15.4. The lowest BCUT2D eigenvalue weighted by molar-refractivity contribution is -0.161. The van der Waals surface area contributed by atoms with Crippen molar-refractivity contribution in [3.05, 3.63) is 0 Å². The Morgan fingerprint density at radius 1 is 1.31 bits per heavy atom. The number of unbranched alkanes of at least 4 members (excludes halogenated alkanes) is 1. The molecule has 0 radical (unpaired) electrons. The highest BCUT2D eigenvalue weighted by Gasteiger charge is 2.41. The van der Waals surface area contributed by atoms with Crippen LogP contribution in [-0.2, 0) is 9.53 Å². The van der Waals surface area contributed by atoms with Crippen LogP contribution in [0.1, 0.15) is 53.9 Å². The Morgan fingerprint density at radius 2 is 1.88 bits per heavy atom. The first-order chi connectivity index (χ1) is 7.40. The summed E-state index contributed by atoms with van der Waals surface area (Å²) < 4.78 is 4.98. The number of rotatable bonds is 7. The number of hydrogen-bond donors (Lipinski definition) is 1. The van der Waals surface area contributed by atoms with Crippen LogP contribution in [0.25, 0.3) is 0 Å². The Hall–Kier alpha value is -0.570. The topological polar surface area (TPSA) is 46.5 Å². The van der Waals surface area contributed by atoms with Crippen molar-refractivity contribution in [1.82, 2.24) is 0 Å². The van der Waals surface area contributed by atoms with E-state index in [1.807, 2.05) is 13.8 Å². The zero-order valence-corrected chi connectivity index (χ0v) is 11.2. The summed E-state index contributed by atoms with van der Waals surface area (Å²) in [6.07, 6.45) is 2.60. The van der Waals surface area contributed by atoms with Gasteiger partial charge in [-0.15, -0.1) is 0 Å². The van der Waals surface area contributed by atoms with Crippen molar-refractivity contribution in [1.29, 1.82) is 0 Å². The lowest BCUT2D eigenvalue weighted by Crippen LogP contribution is -2.46. The fraction of sp³-hybridized carbons (Fsp3) is 0.923. The van der Waals surface area contributed by atoms with Gasteiger partial charge >= 0.3 is 5.97 Å². The van der Waals surface area contributed by atoms with Crippen molar-refractivity contribution in [3.8, 4) is 0 Å². The molecule has 0 aromatic heterocycles. The van der Waals surface area contributed by atoms with Crippen LogP contribution >= 0.6 is 0 Å². The quantitative estimate of drug-likeness (QED) is 0.684. The molecule has 0 heterocycles. The molecule has 0 saturated carbocycles. The van der Waals surface area contributed by atoms with Gasteiger partial charge in [0.15, 0.2) is 0 Å². The van der Waals surface area contributed by atoms with Crippen molar-refractivity contribution in [2.24, 2.45) is 11.8 Å². The summed E-state index contributed by atoms with van der Waals surface area (Å²) in [5.74, 6) is -0.702. The summed E-state index contributed by atoms with van der Waals surface area (Å²) in [7, 11) is 0. The van der Waals surface area contributed by atoms with Gasteiger partial charge in [-0.3, -0.25) is 4.79 Å². The lowest BCUT2D eigenvalue weighted by Gasteiger charge is -2.36. The van der Waals surface area contributed by atoms with Gasteiger partial charge in [0.1, 0.15) is 0 Å². The molecular formula is C13H26O3. The molecule has 2 unspecified atom stereocenters. The van der Waals surface area contributed by atoms with Crippen LogP contribution < -0.4 is 0 Å². The normalized spacial score (nSPS) is 16.9. The van der Waals surface area contributed by atoms with E-state index < -0.39 is 11.5 Å². The number of carbonyl (C=O) groups is 1. The van der Waals surface area contributed by atoms with Crippen LogP contribution in [0.15, 0.2) is 0 Å². The van der Waals surface area contributed by atoms with E-state index in [1.54, 1.807) is 13.8 Å². The number of aliphatic hydroxyl groups is 1. The monoisotopic (exact) mass is 230 g/mol. The van der Waals surface area contributed by atoms with Gasteiger partial charge in [0.25, 0.3) is 0 Å². The molecule has 0 aliphatic carbocycles. The van der Waals surface area contributed by atoms with Gasteiger partial charge < -0.3 is 9.84 Å². The average Bonchev–Trinajstić information content (AvgIpc) is 2.24. The first-order valence-corrected chi connectivity index (χ1v) is 6.29. The number of hydrogen-bond acceptors (Lipinski definition) is 3. The highest BCUT2D eigenvalue weighted by Crippen LogP contribution is 2.32. The summed E-state index contributed by atoms with van der Waals surface area (Å²) in [5, 5.41) is 10.6. The van der Waals surface area contributed by atoms with Gasteiger partial charge in [0.2, 0.25) is 0 Å². The van der Waals surface area contributed by atoms with Gasteiger partial charge in [0, 0.05) is 0 Å². The Bertz CT molecular complexity index is 213. The standard InChI is InChI=1S/C13H26O3/c1-6-8-9-13(15,10(3)4)11(5)12(14)16-7-2/h10-11,15H,6-9H2,1-5H3. The molecule has 0 rings (SSSR count). The largest absolute Gasteiger partial charge is 0.466 e. The number of esters is 1. The minimum atomic E-state index is -0.942. The highest BCUT2D eigenvalue weighted by molar-refractivity contribution is 5.73. The second kappa shape index (κ2) is 6.89. The molecule has 0 aliphatic heterocycles. The van der Waals surface area contributed by atoms with Crippen LogP contribution in [0.2, 0.25) is 0 Å². The van der Waals surface area contributed by atoms with Crippen molar-refractivity contribution < 1.29 is 14.6 Å². The molecular weight excluding hydrogens is 204 g/mol. The summed E-state index contributed by atoms with van der Waals surface area (Å²) in [6.45, 7) is 9.89. The molecule has 0 fully saturated rings. The zero-order chi connectivity index (χ0) is 12.8. The lowest BCUT2D eigenvalue weighted by atomic mass is 9.76. The molecule has 0 amide bonds. The van der Waals surface area contributed by atoms with E-state index in [-0.39, 0.29) is 11.9 Å². The van der Waals surface area contributed by atoms with E-state index >= 15 is 0 Å². The van der Waals surface area contributed by atoms with Crippen LogP contribution in [-0.4, -0.2) is 23.3 Å². The third-order valence-corrected chi connectivity index (χ3v) is 3.32. The predicted molar refractivity (Wildman–Crippen MR) is 65.1 cm³/mol. The molecule has 3 heteroatoms. The van der Waals surface area contributed by atoms with E-state index in [0.29, 0.717) is 13.0 Å². The summed E-state index contributed by atoms with van der Waals surface area (Å²) in [6, 6.07) is 0. The molecule has 1 N–H and O–H groups in total. The number of carbonyl (C=O) groups excluding carboxylic acids is 1. The minimum Gasteiger partial charge on any atom is -0.466 e. The van der Waals surface area contributed by atoms with Crippen LogP contribution in [0.4, 0.5) is 0 Å². The maximum absolute atomic E-state index is 11.7. The molecule has 0 aliphatic rings. The van der Waals surface area contributed by atoms with Crippen LogP contribution in [0.5, 0.6) is 0 Å². The van der Waals surface area contributed by atoms with Gasteiger partial charge in [0.05, 0.1) is 18.1 Å². The van der Waals surface area contributed by atoms with Gasteiger partial charge in [-0.1, -0.05) is 33.6 Å². The zero-order valence-electron chi connectivity index (χ0n) is 11.2. The third kappa shape index (κ3) is 3.78. The van der Waals surface area contributed by atoms with Crippen LogP contribution in [0, 0.1) is 11.8 Å². The molecule has 2 atom stereocenters. The Labute approximate surface area is 99.2 Å². The predicted octanol–water partition coefficient (Wildman–Crippen LogP) is 2.76. The summed E-state index contributed by atoms with van der Waals surface area (Å²) in [5.41, 5.74) is -0.942. The van der Waals surface area contributed by atoms with E-state index in [1.165, 1.54) is 0 Å². The average molecular weight is 230 g/mol. The molecule has 0 aromatic rings. The van der Waals surface area contributed by atoms with E-state index in [4.69, 9.17) is 4.74 Å². The van der Waals surface area contributed by atoms with Crippen molar-refractivity contribution >= 4 is 5.97 Å². The molecule has 96 valence electrons. The van der Waals surface area contributed by atoms with Crippen molar-refractivity contribution in [3.63, 3.8) is 0 Å². The third-order valence-electron chi connectivity index (χ3n) is 3.32. The van der Waals surface area contributed by atoms with Crippen LogP contribution in [0.3, 0.4) is 0 Å². The van der Waals surface area contributed by atoms with E-state index in [2.05, 4.69) is 6.92 Å². The fourth-order valence-corrected chi connectivity index (χ4v) is 1.94. The molecule has 0 saturated heterocycles. The molecule has 16 heavy (non-hydrogen) atoms. The second-order valence-corrected chi connectivity index (χ2v) is 4.72. The van der Waals surface area contributed by atoms with Gasteiger partial charge in [-0.2, -0.15) is 0 Å². The smallest absolute Gasteiger partial charge is 0.311 e. The summed E-state index contributed by atoms with van der Waals surface area (Å²) in [4.78, 5) is 11.7. The van der Waals surface area contributed by atoms with Crippen molar-refractivity contribution in [2.75, 3.05) is 6.61 Å². The summed E-state index contributed by atoms with van der Waals surface area (Å²) >= 11 is 0. The minimum absolute atomic E-state index is 0.0541. The highest BCUT2D eigenvalue weighted by atomic mass is 16.5. The molecule has 3 nitrogen and oxygen atoms in total. The fourth-order valence-electron chi connectivity index (χ4n) is 1.94. The first-order valence-electron chi connectivity index (χ1n) is 6.29. The Kier molecular flexibility index (Phi) is 6.65. The second-order valence-electron chi connectivity index (χ2n) is 4.72. The van der Waals surface area contributed by atoms with Gasteiger partial charge in [-0.05, 0) is 26.2 Å². The van der Waals surface area contributed by atoms with E-state index in [0.717, 1.165) is 12.8 Å². The van der Waals surface area contributed by atoms with Crippen molar-refractivity contribution in [2.45, 2.75) is 59.5 Å². The molecule has 0 aromatic carbocycles. The molecule has 0 bridgehead atoms. The molecule has 0 spiro atoms.